The maximum atomic E-state index is 10.3. The number of aliphatic hydroxyl groups is 1. The number of rotatable bonds is 2. The lowest BCUT2D eigenvalue weighted by atomic mass is 9.45. The molecule has 146 valence electrons. The van der Waals surface area contributed by atoms with Crippen LogP contribution in [0.3, 0.4) is 0 Å². The predicted octanol–water partition coefficient (Wildman–Crippen LogP) is 5.29. The summed E-state index contributed by atoms with van der Waals surface area (Å²) in [6.07, 6.45) is 19.1. The van der Waals surface area contributed by atoms with Crippen LogP contribution in [-0.4, -0.2) is 20.8 Å². The van der Waals surface area contributed by atoms with Crippen LogP contribution in [0.2, 0.25) is 0 Å². The highest BCUT2D eigenvalue weighted by Gasteiger charge is 2.58. The number of allylic oxidation sites excluding steroid dienone is 3. The average Bonchev–Trinajstić information content (AvgIpc) is 3.28. The summed E-state index contributed by atoms with van der Waals surface area (Å²) in [4.78, 5) is 4.31. The molecule has 0 saturated heterocycles. The molecule has 27 heavy (non-hydrogen) atoms. The Morgan fingerprint density at radius 3 is 2.74 bits per heavy atom. The highest BCUT2D eigenvalue weighted by Crippen LogP contribution is 2.67. The zero-order valence-corrected chi connectivity index (χ0v) is 17.1. The molecular formula is C24H34N2O. The third kappa shape index (κ3) is 2.40. The van der Waals surface area contributed by atoms with Crippen LogP contribution in [0.1, 0.15) is 65.7 Å². The Kier molecular flexibility index (Phi) is 3.99. The molecule has 0 spiro atoms. The van der Waals surface area contributed by atoms with Crippen LogP contribution in [0.4, 0.5) is 0 Å². The number of hydrogen-bond donors (Lipinski definition) is 1. The Balaban J connectivity index is 1.54. The van der Waals surface area contributed by atoms with E-state index < -0.39 is 0 Å². The summed E-state index contributed by atoms with van der Waals surface area (Å²) in [6.45, 7) is 7.41. The normalized spacial score (nSPS) is 46.1. The lowest BCUT2D eigenvalue weighted by Gasteiger charge is -2.59. The van der Waals surface area contributed by atoms with Crippen molar-refractivity contribution < 1.29 is 5.11 Å². The fraction of sp³-hybridized carbons (Fsp3) is 0.708. The zero-order valence-electron chi connectivity index (χ0n) is 17.1. The number of aliphatic hydroxyl groups excluding tert-OH is 1. The van der Waals surface area contributed by atoms with E-state index in [-0.39, 0.29) is 11.5 Å². The molecule has 2 fully saturated rings. The standard InChI is InChI=1S/C24H34N2O/c1-4-16-13-17-14-18(27)7-9-23(17,2)20-8-10-24(3)19(22(16)20)5-6-21(24)26-12-11-25-15-26/h6,11-13,15-16,18-20,22,27H,4-5,7-10,14H2,1-3H3/t16-,18-,19-,20-,22-,23-,24-/m0/s1. The average molecular weight is 367 g/mol. The van der Waals surface area contributed by atoms with Crippen molar-refractivity contribution in [1.82, 2.24) is 9.55 Å². The number of nitrogens with zero attached hydrogens (tertiary/aromatic N) is 2. The quantitative estimate of drug-likeness (QED) is 0.722. The van der Waals surface area contributed by atoms with Gasteiger partial charge in [0.2, 0.25) is 0 Å². The topological polar surface area (TPSA) is 38.0 Å². The van der Waals surface area contributed by atoms with E-state index in [2.05, 4.69) is 48.7 Å². The minimum Gasteiger partial charge on any atom is -0.393 e. The monoisotopic (exact) mass is 366 g/mol. The van der Waals surface area contributed by atoms with E-state index in [4.69, 9.17) is 0 Å². The van der Waals surface area contributed by atoms with Crippen molar-refractivity contribution >= 4 is 5.70 Å². The van der Waals surface area contributed by atoms with Crippen molar-refractivity contribution in [1.29, 1.82) is 0 Å². The minimum atomic E-state index is -0.117. The van der Waals surface area contributed by atoms with Gasteiger partial charge < -0.3 is 9.67 Å². The van der Waals surface area contributed by atoms with Gasteiger partial charge in [0.15, 0.2) is 0 Å². The molecule has 0 aromatic carbocycles. The lowest BCUT2D eigenvalue weighted by Crippen LogP contribution is -2.52. The summed E-state index contributed by atoms with van der Waals surface area (Å²) in [5, 5.41) is 10.3. The molecule has 0 aliphatic heterocycles. The van der Waals surface area contributed by atoms with E-state index in [9.17, 15) is 5.11 Å². The van der Waals surface area contributed by atoms with Gasteiger partial charge in [-0.1, -0.05) is 38.5 Å². The van der Waals surface area contributed by atoms with Gasteiger partial charge in [0.1, 0.15) is 0 Å². The van der Waals surface area contributed by atoms with E-state index in [1.807, 2.05) is 12.5 Å². The maximum Gasteiger partial charge on any atom is 0.0989 e. The number of fused-ring (bicyclic) bond motifs is 5. The largest absolute Gasteiger partial charge is 0.393 e. The summed E-state index contributed by atoms with van der Waals surface area (Å²) >= 11 is 0. The first-order valence-corrected chi connectivity index (χ1v) is 11.1. The molecule has 4 aliphatic rings. The smallest absolute Gasteiger partial charge is 0.0989 e. The van der Waals surface area contributed by atoms with Crippen LogP contribution in [0.5, 0.6) is 0 Å². The molecule has 0 bridgehead atoms. The van der Waals surface area contributed by atoms with Gasteiger partial charge in [-0.2, -0.15) is 0 Å². The molecule has 1 heterocycles. The van der Waals surface area contributed by atoms with Gasteiger partial charge in [-0.25, -0.2) is 4.98 Å². The van der Waals surface area contributed by atoms with Crippen LogP contribution in [0.15, 0.2) is 36.4 Å². The Hall–Kier alpha value is -1.35. The van der Waals surface area contributed by atoms with Gasteiger partial charge in [-0.15, -0.1) is 0 Å². The first kappa shape index (κ1) is 17.7. The van der Waals surface area contributed by atoms with Gasteiger partial charge >= 0.3 is 0 Å². The molecule has 0 amide bonds. The second kappa shape index (κ2) is 6.07. The predicted molar refractivity (Wildman–Crippen MR) is 109 cm³/mol. The molecule has 7 atom stereocenters. The van der Waals surface area contributed by atoms with Crippen LogP contribution in [0.25, 0.3) is 5.70 Å². The first-order chi connectivity index (χ1) is 13.0. The van der Waals surface area contributed by atoms with Gasteiger partial charge in [-0.05, 0) is 74.0 Å². The van der Waals surface area contributed by atoms with Gasteiger partial charge in [-0.3, -0.25) is 0 Å². The van der Waals surface area contributed by atoms with Crippen LogP contribution >= 0.6 is 0 Å². The van der Waals surface area contributed by atoms with E-state index in [0.29, 0.717) is 11.3 Å². The summed E-state index contributed by atoms with van der Waals surface area (Å²) < 4.78 is 2.27. The van der Waals surface area contributed by atoms with Crippen molar-refractivity contribution in [3.8, 4) is 0 Å². The zero-order chi connectivity index (χ0) is 18.8. The number of imidazole rings is 1. The second-order valence-corrected chi connectivity index (χ2v) is 10.1. The highest BCUT2D eigenvalue weighted by molar-refractivity contribution is 5.57. The fourth-order valence-electron chi connectivity index (χ4n) is 7.54. The molecule has 0 radical (unpaired) electrons. The molecule has 1 N–H and O–H groups in total. The van der Waals surface area contributed by atoms with Crippen molar-refractivity contribution in [2.24, 2.45) is 34.5 Å². The van der Waals surface area contributed by atoms with Crippen molar-refractivity contribution in [3.05, 3.63) is 36.4 Å². The van der Waals surface area contributed by atoms with E-state index in [1.165, 1.54) is 37.8 Å². The SMILES string of the molecule is CC[C@H]1C=C2C[C@@H](O)CC[C@]2(C)[C@H]2CC[C@]3(C)C(n4ccnc4)=CC[C@H]3[C@H]12. The maximum absolute atomic E-state index is 10.3. The van der Waals surface area contributed by atoms with Crippen molar-refractivity contribution in [2.75, 3.05) is 0 Å². The summed E-state index contributed by atoms with van der Waals surface area (Å²) in [6, 6.07) is 0. The van der Waals surface area contributed by atoms with Crippen molar-refractivity contribution in [3.63, 3.8) is 0 Å². The molecule has 5 rings (SSSR count). The first-order valence-electron chi connectivity index (χ1n) is 11.1. The third-order valence-electron chi connectivity index (χ3n) is 9.04. The Bertz CT molecular complexity index is 778. The van der Waals surface area contributed by atoms with Crippen LogP contribution in [0, 0.1) is 34.5 Å². The molecule has 1 aromatic heterocycles. The van der Waals surface area contributed by atoms with E-state index in [1.54, 1.807) is 5.57 Å². The Labute approximate surface area is 163 Å². The van der Waals surface area contributed by atoms with E-state index in [0.717, 1.165) is 30.6 Å². The number of aromatic nitrogens is 2. The molecule has 4 aliphatic carbocycles. The lowest BCUT2D eigenvalue weighted by molar-refractivity contribution is -0.0475. The number of hydrogen-bond acceptors (Lipinski definition) is 2. The summed E-state index contributed by atoms with van der Waals surface area (Å²) in [7, 11) is 0. The molecular weight excluding hydrogens is 332 g/mol. The molecule has 1 aromatic rings. The third-order valence-corrected chi connectivity index (χ3v) is 9.04. The Morgan fingerprint density at radius 1 is 1.19 bits per heavy atom. The molecule has 3 nitrogen and oxygen atoms in total. The highest BCUT2D eigenvalue weighted by atomic mass is 16.3. The van der Waals surface area contributed by atoms with Crippen LogP contribution < -0.4 is 0 Å². The molecule has 0 unspecified atom stereocenters. The van der Waals surface area contributed by atoms with E-state index >= 15 is 0 Å². The van der Waals surface area contributed by atoms with Gasteiger partial charge in [0.05, 0.1) is 12.4 Å². The van der Waals surface area contributed by atoms with Gasteiger partial charge in [0.25, 0.3) is 0 Å². The summed E-state index contributed by atoms with van der Waals surface area (Å²) in [5.41, 5.74) is 3.65. The Morgan fingerprint density at radius 2 is 2.00 bits per heavy atom. The second-order valence-electron chi connectivity index (χ2n) is 10.1. The molecule has 3 heteroatoms. The fourth-order valence-corrected chi connectivity index (χ4v) is 7.54. The van der Waals surface area contributed by atoms with Gasteiger partial charge in [0, 0.05) is 23.5 Å². The summed E-state index contributed by atoms with van der Waals surface area (Å²) in [5.74, 6) is 2.96. The van der Waals surface area contributed by atoms with Crippen LogP contribution in [-0.2, 0) is 0 Å². The minimum absolute atomic E-state index is 0.117. The van der Waals surface area contributed by atoms with Crippen molar-refractivity contribution in [2.45, 2.75) is 71.8 Å². The molecule has 2 saturated carbocycles.